The number of benzene rings is 2. The van der Waals surface area contributed by atoms with Gasteiger partial charge >= 0.3 is 11.9 Å². The van der Waals surface area contributed by atoms with E-state index in [0.29, 0.717) is 23.7 Å². The van der Waals surface area contributed by atoms with Crippen LogP contribution in [-0.2, 0) is 14.3 Å². The standard InChI is InChI=1S/C23H23NO7/c1-4-28-21-13-16(12-17(14-24)23(26)29-5-2)10-11-20(21)31-22(25)15-30-19-9-7-6-8-18(19)27-3/h6-13H,4-5,15H2,1-3H3/b17-12+. The fourth-order valence-corrected chi connectivity index (χ4v) is 2.51. The fraction of sp³-hybridized carbons (Fsp3) is 0.261. The minimum absolute atomic E-state index is 0.153. The maximum absolute atomic E-state index is 12.3. The highest BCUT2D eigenvalue weighted by atomic mass is 16.6. The zero-order valence-corrected chi connectivity index (χ0v) is 17.5. The molecular formula is C23H23NO7. The third-order valence-electron chi connectivity index (χ3n) is 3.83. The van der Waals surface area contributed by atoms with Gasteiger partial charge in [-0.25, -0.2) is 9.59 Å². The zero-order chi connectivity index (χ0) is 22.6. The Balaban J connectivity index is 2.14. The van der Waals surface area contributed by atoms with E-state index in [0.717, 1.165) is 0 Å². The van der Waals surface area contributed by atoms with Crippen LogP contribution in [0, 0.1) is 11.3 Å². The molecule has 0 saturated carbocycles. The molecule has 0 fully saturated rings. The summed E-state index contributed by atoms with van der Waals surface area (Å²) in [5.74, 6) is 0.0171. The normalized spacial score (nSPS) is 10.6. The molecule has 0 heterocycles. The number of methoxy groups -OCH3 is 1. The number of hydrogen-bond donors (Lipinski definition) is 0. The van der Waals surface area contributed by atoms with Crippen LogP contribution in [0.4, 0.5) is 0 Å². The monoisotopic (exact) mass is 425 g/mol. The van der Waals surface area contributed by atoms with Gasteiger partial charge < -0.3 is 23.7 Å². The summed E-state index contributed by atoms with van der Waals surface area (Å²) in [4.78, 5) is 24.1. The molecule has 0 aliphatic rings. The molecule has 0 radical (unpaired) electrons. The molecule has 0 saturated heterocycles. The Morgan fingerprint density at radius 3 is 2.35 bits per heavy atom. The van der Waals surface area contributed by atoms with Crippen molar-refractivity contribution in [1.29, 1.82) is 5.26 Å². The number of carbonyl (C=O) groups excluding carboxylic acids is 2. The smallest absolute Gasteiger partial charge is 0.349 e. The summed E-state index contributed by atoms with van der Waals surface area (Å²) >= 11 is 0. The second-order valence-electron chi connectivity index (χ2n) is 5.94. The molecule has 31 heavy (non-hydrogen) atoms. The fourth-order valence-electron chi connectivity index (χ4n) is 2.51. The van der Waals surface area contributed by atoms with Gasteiger partial charge in [0.2, 0.25) is 0 Å². The summed E-state index contributed by atoms with van der Waals surface area (Å²) in [6.07, 6.45) is 1.37. The second-order valence-corrected chi connectivity index (χ2v) is 5.94. The van der Waals surface area contributed by atoms with E-state index in [4.69, 9.17) is 23.7 Å². The van der Waals surface area contributed by atoms with Crippen LogP contribution in [0.5, 0.6) is 23.0 Å². The van der Waals surface area contributed by atoms with Crippen molar-refractivity contribution in [3.8, 4) is 29.1 Å². The molecule has 8 heteroatoms. The molecule has 0 amide bonds. The number of hydrogen-bond acceptors (Lipinski definition) is 8. The van der Waals surface area contributed by atoms with Crippen molar-refractivity contribution >= 4 is 18.0 Å². The Morgan fingerprint density at radius 1 is 0.968 bits per heavy atom. The van der Waals surface area contributed by atoms with Crippen molar-refractivity contribution in [3.63, 3.8) is 0 Å². The van der Waals surface area contributed by atoms with Crippen LogP contribution in [-0.4, -0.2) is 38.9 Å². The molecule has 0 unspecified atom stereocenters. The van der Waals surface area contributed by atoms with Crippen molar-refractivity contribution in [2.75, 3.05) is 26.9 Å². The highest BCUT2D eigenvalue weighted by Crippen LogP contribution is 2.30. The van der Waals surface area contributed by atoms with E-state index in [1.807, 2.05) is 6.07 Å². The van der Waals surface area contributed by atoms with Gasteiger partial charge in [-0.1, -0.05) is 18.2 Å². The van der Waals surface area contributed by atoms with E-state index < -0.39 is 11.9 Å². The first kappa shape index (κ1) is 23.3. The average molecular weight is 425 g/mol. The molecule has 0 N–H and O–H groups in total. The van der Waals surface area contributed by atoms with Crippen LogP contribution in [0.3, 0.4) is 0 Å². The van der Waals surface area contributed by atoms with Gasteiger partial charge in [-0.3, -0.25) is 0 Å². The van der Waals surface area contributed by atoms with Gasteiger partial charge in [0.25, 0.3) is 0 Å². The molecule has 2 aromatic carbocycles. The lowest BCUT2D eigenvalue weighted by atomic mass is 10.1. The number of carbonyl (C=O) groups is 2. The van der Waals surface area contributed by atoms with Crippen LogP contribution in [0.2, 0.25) is 0 Å². The van der Waals surface area contributed by atoms with E-state index in [2.05, 4.69) is 0 Å². The first-order valence-corrected chi connectivity index (χ1v) is 9.54. The maximum Gasteiger partial charge on any atom is 0.349 e. The van der Waals surface area contributed by atoms with Gasteiger partial charge in [0, 0.05) is 0 Å². The van der Waals surface area contributed by atoms with Gasteiger partial charge in [0.1, 0.15) is 11.6 Å². The number of nitrogens with zero attached hydrogens (tertiary/aromatic N) is 1. The SMILES string of the molecule is CCOC(=O)/C(C#N)=C/c1ccc(OC(=O)COc2ccccc2OC)c(OCC)c1. The molecule has 0 aliphatic heterocycles. The first-order valence-electron chi connectivity index (χ1n) is 9.54. The number of para-hydroxylation sites is 2. The van der Waals surface area contributed by atoms with Gasteiger partial charge in [-0.05, 0) is 49.8 Å². The summed E-state index contributed by atoms with van der Waals surface area (Å²) in [5.41, 5.74) is 0.359. The molecule has 0 aromatic heterocycles. The molecule has 2 aromatic rings. The topological polar surface area (TPSA) is 104 Å². The Kier molecular flexibility index (Phi) is 8.92. The zero-order valence-electron chi connectivity index (χ0n) is 17.5. The number of nitriles is 1. The van der Waals surface area contributed by atoms with Crippen molar-refractivity contribution in [2.45, 2.75) is 13.8 Å². The Bertz CT molecular complexity index is 992. The summed E-state index contributed by atoms with van der Waals surface area (Å²) in [6, 6.07) is 13.4. The summed E-state index contributed by atoms with van der Waals surface area (Å²) in [6.45, 7) is 3.57. The molecule has 0 aliphatic carbocycles. The molecule has 162 valence electrons. The lowest BCUT2D eigenvalue weighted by Gasteiger charge is -2.13. The third-order valence-corrected chi connectivity index (χ3v) is 3.83. The van der Waals surface area contributed by atoms with E-state index in [-0.39, 0.29) is 30.3 Å². The molecule has 8 nitrogen and oxygen atoms in total. The lowest BCUT2D eigenvalue weighted by molar-refractivity contribution is -0.138. The predicted octanol–water partition coefficient (Wildman–Crippen LogP) is 3.55. The molecule has 2 rings (SSSR count). The van der Waals surface area contributed by atoms with E-state index in [1.165, 1.54) is 19.3 Å². The van der Waals surface area contributed by atoms with Gasteiger partial charge in [0.05, 0.1) is 20.3 Å². The van der Waals surface area contributed by atoms with Crippen LogP contribution in [0.25, 0.3) is 6.08 Å². The van der Waals surface area contributed by atoms with Crippen molar-refractivity contribution < 1.29 is 33.3 Å². The van der Waals surface area contributed by atoms with Gasteiger partial charge in [0.15, 0.2) is 29.6 Å². The largest absolute Gasteiger partial charge is 0.493 e. The van der Waals surface area contributed by atoms with Crippen molar-refractivity contribution in [2.24, 2.45) is 0 Å². The Hall–Kier alpha value is -3.99. The Morgan fingerprint density at radius 2 is 1.71 bits per heavy atom. The first-order chi connectivity index (χ1) is 15.0. The highest BCUT2D eigenvalue weighted by molar-refractivity contribution is 5.98. The molecule has 0 atom stereocenters. The quantitative estimate of drug-likeness (QED) is 0.246. The number of rotatable bonds is 10. The Labute approximate surface area is 180 Å². The number of esters is 2. The predicted molar refractivity (Wildman–Crippen MR) is 112 cm³/mol. The van der Waals surface area contributed by atoms with Crippen LogP contribution >= 0.6 is 0 Å². The van der Waals surface area contributed by atoms with E-state index in [1.54, 1.807) is 50.2 Å². The molecular weight excluding hydrogens is 402 g/mol. The highest BCUT2D eigenvalue weighted by Gasteiger charge is 2.15. The molecule has 0 spiro atoms. The molecule has 0 bridgehead atoms. The van der Waals surface area contributed by atoms with Crippen LogP contribution in [0.15, 0.2) is 48.0 Å². The van der Waals surface area contributed by atoms with Crippen molar-refractivity contribution in [3.05, 3.63) is 53.6 Å². The van der Waals surface area contributed by atoms with E-state index >= 15 is 0 Å². The minimum Gasteiger partial charge on any atom is -0.493 e. The van der Waals surface area contributed by atoms with Gasteiger partial charge in [-0.2, -0.15) is 5.26 Å². The lowest BCUT2D eigenvalue weighted by Crippen LogP contribution is -2.18. The minimum atomic E-state index is -0.716. The van der Waals surface area contributed by atoms with Crippen molar-refractivity contribution in [1.82, 2.24) is 0 Å². The summed E-state index contributed by atoms with van der Waals surface area (Å²) < 4.78 is 26.4. The average Bonchev–Trinajstić information content (AvgIpc) is 2.78. The summed E-state index contributed by atoms with van der Waals surface area (Å²) in [7, 11) is 1.50. The van der Waals surface area contributed by atoms with Crippen LogP contribution < -0.4 is 18.9 Å². The number of ether oxygens (including phenoxy) is 5. The van der Waals surface area contributed by atoms with E-state index in [9.17, 15) is 14.9 Å². The maximum atomic E-state index is 12.3. The second kappa shape index (κ2) is 11.9. The van der Waals surface area contributed by atoms with Gasteiger partial charge in [-0.15, -0.1) is 0 Å². The van der Waals surface area contributed by atoms with Crippen LogP contribution in [0.1, 0.15) is 19.4 Å². The third kappa shape index (κ3) is 6.78. The summed E-state index contributed by atoms with van der Waals surface area (Å²) in [5, 5.41) is 9.18.